The van der Waals surface area contributed by atoms with Crippen molar-refractivity contribution in [3.05, 3.63) is 54.0 Å². The number of nitrogens with zero attached hydrogens (tertiary/aromatic N) is 2. The molecule has 0 aliphatic carbocycles. The largest absolute Gasteiger partial charge is 1.00 e. The zero-order valence-electron chi connectivity index (χ0n) is 16.3. The van der Waals surface area contributed by atoms with Crippen molar-refractivity contribution >= 4 is 17.6 Å². The predicted octanol–water partition coefficient (Wildman–Crippen LogP) is -0.802. The van der Waals surface area contributed by atoms with Gasteiger partial charge in [-0.25, -0.2) is 0 Å². The van der Waals surface area contributed by atoms with Gasteiger partial charge in [0.2, 0.25) is 5.91 Å². The zero-order chi connectivity index (χ0) is 20.1. The molecule has 0 aliphatic rings. The van der Waals surface area contributed by atoms with E-state index in [-0.39, 0.29) is 80.7 Å². The summed E-state index contributed by atoms with van der Waals surface area (Å²) in [6, 6.07) is 8.26. The topological polar surface area (TPSA) is 120 Å². The molecule has 0 saturated heterocycles. The number of aromatic hydroxyl groups is 1. The molecule has 0 unspecified atom stereocenters. The number of phenolic OH excluding ortho intramolecular Hbond substituents is 1. The van der Waals surface area contributed by atoms with E-state index >= 15 is 0 Å². The first-order chi connectivity index (χ1) is 13.5. The third kappa shape index (κ3) is 6.28. The van der Waals surface area contributed by atoms with Gasteiger partial charge in [-0.1, -0.05) is 12.1 Å². The maximum atomic E-state index is 12.2. The van der Waals surface area contributed by atoms with Crippen LogP contribution >= 0.6 is 0 Å². The van der Waals surface area contributed by atoms with Gasteiger partial charge in [-0.15, -0.1) is 0 Å². The van der Waals surface area contributed by atoms with Crippen LogP contribution in [0.3, 0.4) is 0 Å². The molecule has 0 aliphatic heterocycles. The van der Waals surface area contributed by atoms with Crippen molar-refractivity contribution in [1.29, 1.82) is 0 Å². The van der Waals surface area contributed by atoms with Crippen molar-refractivity contribution in [3.63, 3.8) is 0 Å². The van der Waals surface area contributed by atoms with Crippen LogP contribution in [0.4, 0.5) is 5.69 Å². The summed E-state index contributed by atoms with van der Waals surface area (Å²) in [4.78, 5) is 23.5. The number of carboxylic acid groups (broad SMARTS) is 1. The van der Waals surface area contributed by atoms with Gasteiger partial charge in [-0.3, -0.25) is 4.79 Å². The molecule has 0 spiro atoms. The third-order valence-electron chi connectivity index (χ3n) is 4.18. The number of rotatable bonds is 8. The molecule has 1 amide bonds. The molecule has 9 heteroatoms. The van der Waals surface area contributed by atoms with E-state index in [0.29, 0.717) is 24.4 Å². The molecule has 8 nitrogen and oxygen atoms in total. The summed E-state index contributed by atoms with van der Waals surface area (Å²) < 4.78 is 6.96. The SMILES string of the molecule is CCCn1cc(NC(=O)CCc2cc(-c3ccc(O)cc3)no2)c(C(=O)[O-])c1.[K+]. The van der Waals surface area contributed by atoms with Crippen molar-refractivity contribution in [1.82, 2.24) is 9.72 Å². The Kier molecular flexibility index (Phi) is 8.66. The molecule has 0 bridgehead atoms. The van der Waals surface area contributed by atoms with Crippen molar-refractivity contribution in [3.8, 4) is 17.0 Å². The molecule has 0 atom stereocenters. The van der Waals surface area contributed by atoms with Gasteiger partial charge in [0.15, 0.2) is 0 Å². The molecule has 3 aromatic rings. The average molecular weight is 421 g/mol. The smallest absolute Gasteiger partial charge is 0.545 e. The number of aromatic nitrogens is 2. The zero-order valence-corrected chi connectivity index (χ0v) is 19.5. The molecule has 2 N–H and O–H groups in total. The summed E-state index contributed by atoms with van der Waals surface area (Å²) in [5, 5.41) is 27.2. The summed E-state index contributed by atoms with van der Waals surface area (Å²) in [6.45, 7) is 2.62. The number of amides is 1. The van der Waals surface area contributed by atoms with E-state index in [2.05, 4.69) is 10.5 Å². The van der Waals surface area contributed by atoms with Crippen LogP contribution in [0.25, 0.3) is 11.3 Å². The van der Waals surface area contributed by atoms with Crippen LogP contribution in [0, 0.1) is 0 Å². The Bertz CT molecular complexity index is 978. The van der Waals surface area contributed by atoms with Crippen LogP contribution in [-0.4, -0.2) is 26.7 Å². The Morgan fingerprint density at radius 1 is 1.24 bits per heavy atom. The molecule has 0 fully saturated rings. The molecule has 1 aromatic carbocycles. The van der Waals surface area contributed by atoms with E-state index in [1.165, 1.54) is 6.20 Å². The Morgan fingerprint density at radius 2 is 1.97 bits per heavy atom. The minimum absolute atomic E-state index is 0. The number of aromatic carboxylic acids is 1. The summed E-state index contributed by atoms with van der Waals surface area (Å²) >= 11 is 0. The molecule has 3 rings (SSSR count). The Morgan fingerprint density at radius 3 is 2.62 bits per heavy atom. The maximum Gasteiger partial charge on any atom is 1.00 e. The van der Waals surface area contributed by atoms with Gasteiger partial charge in [0.25, 0.3) is 0 Å². The number of hydrogen-bond acceptors (Lipinski definition) is 6. The number of benzene rings is 1. The first-order valence-electron chi connectivity index (χ1n) is 8.92. The van der Waals surface area contributed by atoms with Gasteiger partial charge >= 0.3 is 51.4 Å². The van der Waals surface area contributed by atoms with Crippen molar-refractivity contribution < 1.29 is 75.7 Å². The summed E-state index contributed by atoms with van der Waals surface area (Å²) in [6.07, 6.45) is 4.30. The summed E-state index contributed by atoms with van der Waals surface area (Å²) in [5.41, 5.74) is 1.57. The van der Waals surface area contributed by atoms with Crippen molar-refractivity contribution in [2.45, 2.75) is 32.7 Å². The Labute approximate surface area is 210 Å². The monoisotopic (exact) mass is 421 g/mol. The quantitative estimate of drug-likeness (QED) is 0.460. The van der Waals surface area contributed by atoms with Crippen LogP contribution in [0.2, 0.25) is 0 Å². The van der Waals surface area contributed by atoms with E-state index in [1.54, 1.807) is 41.1 Å². The van der Waals surface area contributed by atoms with Crippen LogP contribution in [0.15, 0.2) is 47.2 Å². The number of hydrogen-bond donors (Lipinski definition) is 2. The summed E-state index contributed by atoms with van der Waals surface area (Å²) in [7, 11) is 0. The molecular weight excluding hydrogens is 401 g/mol. The fourth-order valence-corrected chi connectivity index (χ4v) is 2.81. The molecule has 146 valence electrons. The molecule has 2 aromatic heterocycles. The minimum Gasteiger partial charge on any atom is -0.545 e. The fraction of sp³-hybridized carbons (Fsp3) is 0.250. The van der Waals surface area contributed by atoms with Crippen LogP contribution in [0.5, 0.6) is 5.75 Å². The second kappa shape index (κ2) is 10.7. The number of nitrogens with one attached hydrogen (secondary N) is 1. The number of carbonyl (C=O) groups is 2. The maximum absolute atomic E-state index is 12.2. The second-order valence-corrected chi connectivity index (χ2v) is 6.38. The fourth-order valence-electron chi connectivity index (χ4n) is 2.81. The first-order valence-corrected chi connectivity index (χ1v) is 8.92. The van der Waals surface area contributed by atoms with E-state index in [9.17, 15) is 19.8 Å². The Hall–Kier alpha value is -1.91. The molecule has 0 radical (unpaired) electrons. The van der Waals surface area contributed by atoms with Gasteiger partial charge in [0, 0.05) is 49.0 Å². The van der Waals surface area contributed by atoms with E-state index < -0.39 is 5.97 Å². The van der Waals surface area contributed by atoms with Gasteiger partial charge in [0.1, 0.15) is 17.2 Å². The number of phenols is 1. The Balaban J connectivity index is 0.00000300. The van der Waals surface area contributed by atoms with Crippen molar-refractivity contribution in [2.24, 2.45) is 0 Å². The van der Waals surface area contributed by atoms with Gasteiger partial charge < -0.3 is 29.4 Å². The average Bonchev–Trinajstić information content (AvgIpc) is 3.28. The first kappa shape index (κ1) is 23.4. The van der Waals surface area contributed by atoms with E-state index in [4.69, 9.17) is 4.52 Å². The predicted molar refractivity (Wildman–Crippen MR) is 99.6 cm³/mol. The number of aryl methyl sites for hydroxylation is 2. The summed E-state index contributed by atoms with van der Waals surface area (Å²) in [5.74, 6) is -0.979. The second-order valence-electron chi connectivity index (χ2n) is 6.38. The van der Waals surface area contributed by atoms with E-state index in [1.807, 2.05) is 6.92 Å². The third-order valence-corrected chi connectivity index (χ3v) is 4.18. The van der Waals surface area contributed by atoms with E-state index in [0.717, 1.165) is 12.0 Å². The minimum atomic E-state index is -1.33. The number of anilines is 1. The molecule has 0 saturated carbocycles. The van der Waals surface area contributed by atoms with Crippen LogP contribution in [-0.2, 0) is 17.8 Å². The van der Waals surface area contributed by atoms with Gasteiger partial charge in [-0.05, 0) is 30.7 Å². The molecule has 29 heavy (non-hydrogen) atoms. The molecule has 2 heterocycles. The molecular formula is C20H20KN3O5. The number of carbonyl (C=O) groups excluding carboxylic acids is 2. The van der Waals surface area contributed by atoms with Crippen molar-refractivity contribution in [2.75, 3.05) is 5.32 Å². The van der Waals surface area contributed by atoms with Gasteiger partial charge in [0.05, 0.1) is 11.7 Å². The standard InChI is InChI=1S/C20H21N3O5.K/c1-2-9-23-11-16(20(26)27)18(12-23)21-19(25)8-7-15-10-17(22-28-15)13-3-5-14(24)6-4-13;/h3-6,10-12,24H,2,7-9H2,1H3,(H,21,25)(H,26,27);/q;+1/p-1. The van der Waals surface area contributed by atoms with Gasteiger partial charge in [-0.2, -0.15) is 0 Å². The normalized spacial score (nSPS) is 10.4. The number of carboxylic acids is 1. The van der Waals surface area contributed by atoms with Crippen LogP contribution < -0.4 is 61.8 Å². The van der Waals surface area contributed by atoms with Crippen LogP contribution in [0.1, 0.15) is 35.9 Å².